The maximum atomic E-state index is 5.31. The molecule has 0 aromatic carbocycles. The largest absolute Gasteiger partial charge is 0.527 e. The van der Waals surface area contributed by atoms with Crippen molar-refractivity contribution in [2.45, 2.75) is 6.92 Å². The number of ether oxygens (including phenoxy) is 1. The van der Waals surface area contributed by atoms with Crippen molar-refractivity contribution in [1.29, 1.82) is 0 Å². The van der Waals surface area contributed by atoms with Gasteiger partial charge in [-0.15, -0.1) is 0 Å². The van der Waals surface area contributed by atoms with Gasteiger partial charge < -0.3 is 18.0 Å². The van der Waals surface area contributed by atoms with Crippen LogP contribution in [0, 0.1) is 0 Å². The van der Waals surface area contributed by atoms with Gasteiger partial charge in [-0.3, -0.25) is 0 Å². The lowest BCUT2D eigenvalue weighted by Crippen LogP contribution is -2.48. The lowest BCUT2D eigenvalue weighted by atomic mass is 10.6. The average Bonchev–Trinajstić information content (AvgIpc) is 2.20. The molecule has 0 rings (SSSR count). The Morgan fingerprint density at radius 1 is 1.08 bits per heavy atom. The van der Waals surface area contributed by atoms with Gasteiger partial charge in [0.05, 0.1) is 6.61 Å². The van der Waals surface area contributed by atoms with E-state index in [4.69, 9.17) is 18.0 Å². The van der Waals surface area contributed by atoms with Crippen LogP contribution in [0.5, 0.6) is 0 Å². The van der Waals surface area contributed by atoms with Crippen LogP contribution in [0.3, 0.4) is 0 Å². The molecule has 0 spiro atoms. The summed E-state index contributed by atoms with van der Waals surface area (Å²) >= 11 is 0. The van der Waals surface area contributed by atoms with Gasteiger partial charge in [0.25, 0.3) is 0 Å². The van der Waals surface area contributed by atoms with Crippen LogP contribution in [0.4, 0.5) is 0 Å². The third kappa shape index (κ3) is 4.54. The SMILES string of the molecule is CC=CCOC[Si](OC)(OC)OC. The van der Waals surface area contributed by atoms with Crippen LogP contribution in [0.25, 0.3) is 0 Å². The Morgan fingerprint density at radius 2 is 1.62 bits per heavy atom. The van der Waals surface area contributed by atoms with Gasteiger partial charge in [-0.25, -0.2) is 0 Å². The first-order chi connectivity index (χ1) is 6.24. The first kappa shape index (κ1) is 12.8. The van der Waals surface area contributed by atoms with Crippen molar-refractivity contribution in [1.82, 2.24) is 0 Å². The molecule has 78 valence electrons. The van der Waals surface area contributed by atoms with Gasteiger partial charge in [0.15, 0.2) is 0 Å². The molecule has 0 heterocycles. The molecular formula is C8H18O4Si. The molecule has 13 heavy (non-hydrogen) atoms. The average molecular weight is 206 g/mol. The molecule has 0 aromatic rings. The van der Waals surface area contributed by atoms with Crippen molar-refractivity contribution in [2.75, 3.05) is 34.2 Å². The first-order valence-electron chi connectivity index (χ1n) is 4.09. The zero-order valence-electron chi connectivity index (χ0n) is 8.70. The fourth-order valence-electron chi connectivity index (χ4n) is 0.775. The molecule has 0 aliphatic rings. The fraction of sp³-hybridized carbons (Fsp3) is 0.750. The summed E-state index contributed by atoms with van der Waals surface area (Å²) in [5.41, 5.74) is 0. The molecule has 0 N–H and O–H groups in total. The molecule has 5 heteroatoms. The van der Waals surface area contributed by atoms with E-state index >= 15 is 0 Å². The van der Waals surface area contributed by atoms with Crippen molar-refractivity contribution in [3.8, 4) is 0 Å². The molecule has 0 radical (unpaired) electrons. The van der Waals surface area contributed by atoms with Gasteiger partial charge in [-0.2, -0.15) is 0 Å². The predicted octanol–water partition coefficient (Wildman–Crippen LogP) is 0.996. The quantitative estimate of drug-likeness (QED) is 0.354. The van der Waals surface area contributed by atoms with Gasteiger partial charge in [0.1, 0.15) is 6.23 Å². The van der Waals surface area contributed by atoms with Gasteiger partial charge in [0.2, 0.25) is 0 Å². The highest BCUT2D eigenvalue weighted by molar-refractivity contribution is 6.60. The molecule has 0 bridgehead atoms. The van der Waals surface area contributed by atoms with Crippen LogP contribution in [0.2, 0.25) is 0 Å². The van der Waals surface area contributed by atoms with Crippen molar-refractivity contribution in [2.24, 2.45) is 0 Å². The standard InChI is InChI=1S/C8H18O4Si/c1-5-6-7-12-8-13(9-2,10-3)11-4/h5-6H,7-8H2,1-4H3. The minimum atomic E-state index is -2.52. The fourth-order valence-corrected chi connectivity index (χ4v) is 2.00. The Bertz CT molecular complexity index is 137. The summed E-state index contributed by atoms with van der Waals surface area (Å²) < 4.78 is 20.8. The molecule has 0 amide bonds. The molecule has 0 aliphatic heterocycles. The van der Waals surface area contributed by atoms with Gasteiger partial charge in [-0.1, -0.05) is 12.2 Å². The summed E-state index contributed by atoms with van der Waals surface area (Å²) in [6.45, 7) is 2.50. The molecule has 0 aliphatic carbocycles. The van der Waals surface area contributed by atoms with Crippen LogP contribution >= 0.6 is 0 Å². The molecular weight excluding hydrogens is 188 g/mol. The van der Waals surface area contributed by atoms with Crippen LogP contribution in [-0.2, 0) is 18.0 Å². The molecule has 0 saturated heterocycles. The normalized spacial score (nSPS) is 12.6. The van der Waals surface area contributed by atoms with Gasteiger partial charge in [-0.05, 0) is 6.92 Å². The molecule has 0 unspecified atom stereocenters. The Hall–Kier alpha value is -0.203. The summed E-state index contributed by atoms with van der Waals surface area (Å²) in [6.07, 6.45) is 4.22. The van der Waals surface area contributed by atoms with Crippen molar-refractivity contribution in [3.05, 3.63) is 12.2 Å². The number of allylic oxidation sites excluding steroid dienone is 1. The second-order valence-electron chi connectivity index (χ2n) is 2.38. The second kappa shape index (κ2) is 7.22. The molecule has 0 aromatic heterocycles. The minimum absolute atomic E-state index is 0.376. The lowest BCUT2D eigenvalue weighted by Gasteiger charge is -2.23. The highest BCUT2D eigenvalue weighted by Crippen LogP contribution is 2.05. The van der Waals surface area contributed by atoms with Crippen LogP contribution < -0.4 is 0 Å². The smallest absolute Gasteiger partial charge is 0.375 e. The van der Waals surface area contributed by atoms with Crippen LogP contribution in [-0.4, -0.2) is 43.0 Å². The monoisotopic (exact) mass is 206 g/mol. The summed E-state index contributed by atoms with van der Waals surface area (Å²) in [7, 11) is 2.18. The summed E-state index contributed by atoms with van der Waals surface area (Å²) in [6, 6.07) is 0. The minimum Gasteiger partial charge on any atom is -0.375 e. The number of hydrogen-bond acceptors (Lipinski definition) is 4. The number of rotatable bonds is 7. The Balaban J connectivity index is 3.81. The Kier molecular flexibility index (Phi) is 7.11. The Labute approximate surface area is 80.8 Å². The van der Waals surface area contributed by atoms with E-state index in [9.17, 15) is 0 Å². The molecule has 0 saturated carbocycles. The van der Waals surface area contributed by atoms with Crippen LogP contribution in [0.1, 0.15) is 6.92 Å². The van der Waals surface area contributed by atoms with E-state index < -0.39 is 8.80 Å². The maximum absolute atomic E-state index is 5.31. The van der Waals surface area contributed by atoms with Gasteiger partial charge in [0, 0.05) is 21.3 Å². The third-order valence-electron chi connectivity index (χ3n) is 1.66. The topological polar surface area (TPSA) is 36.9 Å². The third-order valence-corrected chi connectivity index (χ3v) is 4.09. The number of hydrogen-bond donors (Lipinski definition) is 0. The summed E-state index contributed by atoms with van der Waals surface area (Å²) in [5, 5.41) is 0. The second-order valence-corrected chi connectivity index (χ2v) is 5.26. The van der Waals surface area contributed by atoms with Gasteiger partial charge >= 0.3 is 8.80 Å². The lowest BCUT2D eigenvalue weighted by molar-refractivity contribution is 0.0719. The van der Waals surface area contributed by atoms with E-state index in [2.05, 4.69) is 0 Å². The van der Waals surface area contributed by atoms with Crippen LogP contribution in [0.15, 0.2) is 12.2 Å². The van der Waals surface area contributed by atoms with E-state index in [0.717, 1.165) is 0 Å². The molecule has 4 nitrogen and oxygen atoms in total. The molecule has 0 fully saturated rings. The zero-order valence-corrected chi connectivity index (χ0v) is 9.70. The van der Waals surface area contributed by atoms with Crippen molar-refractivity contribution < 1.29 is 18.0 Å². The van der Waals surface area contributed by atoms with E-state index in [0.29, 0.717) is 12.8 Å². The highest BCUT2D eigenvalue weighted by atomic mass is 28.4. The predicted molar refractivity (Wildman–Crippen MR) is 52.4 cm³/mol. The van der Waals surface area contributed by atoms with Crippen molar-refractivity contribution in [3.63, 3.8) is 0 Å². The highest BCUT2D eigenvalue weighted by Gasteiger charge is 2.38. The first-order valence-corrected chi connectivity index (χ1v) is 6.02. The summed E-state index contributed by atoms with van der Waals surface area (Å²) in [5.74, 6) is 0. The van der Waals surface area contributed by atoms with E-state index in [1.54, 1.807) is 21.3 Å². The Morgan fingerprint density at radius 3 is 2.00 bits per heavy atom. The summed E-state index contributed by atoms with van der Waals surface area (Å²) in [4.78, 5) is 0. The van der Waals surface area contributed by atoms with E-state index in [-0.39, 0.29) is 0 Å². The zero-order chi connectivity index (χ0) is 10.2. The van der Waals surface area contributed by atoms with Crippen molar-refractivity contribution >= 4 is 8.80 Å². The maximum Gasteiger partial charge on any atom is 0.527 e. The van der Waals surface area contributed by atoms with E-state index in [1.807, 2.05) is 19.1 Å². The molecule has 0 atom stereocenters. The van der Waals surface area contributed by atoms with E-state index in [1.165, 1.54) is 0 Å².